The number of carboxylic acid groups (broad SMARTS) is 1. The number of amides is 3. The van der Waals surface area contributed by atoms with E-state index in [1.54, 1.807) is 18.2 Å². The first-order chi connectivity index (χ1) is 22.9. The fourth-order valence-electron chi connectivity index (χ4n) is 6.84. The van der Waals surface area contributed by atoms with Gasteiger partial charge in [0.2, 0.25) is 11.8 Å². The lowest BCUT2D eigenvalue weighted by atomic mass is 9.62. The molecule has 3 amide bonds. The van der Waals surface area contributed by atoms with Gasteiger partial charge in [-0.15, -0.1) is 0 Å². The van der Waals surface area contributed by atoms with Crippen molar-refractivity contribution in [1.82, 2.24) is 15.5 Å². The first kappa shape index (κ1) is 40.4. The van der Waals surface area contributed by atoms with Crippen molar-refractivity contribution >= 4 is 50.7 Å². The summed E-state index contributed by atoms with van der Waals surface area (Å²) in [5, 5.41) is 15.9. The summed E-state index contributed by atoms with van der Waals surface area (Å²) in [5.74, 6) is -1.80. The number of para-hydroxylation sites is 1. The maximum Gasteiger partial charge on any atom is 0.328 e. The molecule has 2 aliphatic rings. The lowest BCUT2D eigenvalue weighted by Crippen LogP contribution is -2.55. The number of carbonyl (C=O) groups is 4. The second-order valence-corrected chi connectivity index (χ2v) is 13.5. The molecule has 0 aromatic heterocycles. The highest BCUT2D eigenvalue weighted by Crippen LogP contribution is 2.48. The van der Waals surface area contributed by atoms with E-state index < -0.39 is 34.9 Å². The third-order valence-corrected chi connectivity index (χ3v) is 9.34. The highest BCUT2D eigenvalue weighted by atomic mass is 32.1. The summed E-state index contributed by atoms with van der Waals surface area (Å²) in [7, 11) is 1.53. The Labute approximate surface area is 308 Å². The van der Waals surface area contributed by atoms with Crippen molar-refractivity contribution < 1.29 is 33.8 Å². The predicted octanol–water partition coefficient (Wildman–Crippen LogP) is 4.89. The number of carbonyl (C=O) groups excluding carboxylic acids is 3. The van der Waals surface area contributed by atoms with E-state index in [9.17, 15) is 24.3 Å². The molecule has 1 fully saturated rings. The molecule has 1 heterocycles. The van der Waals surface area contributed by atoms with Gasteiger partial charge in [-0.2, -0.15) is 27.0 Å². The number of fused-ring (bicyclic) bond motifs is 1. The van der Waals surface area contributed by atoms with E-state index in [1.165, 1.54) is 7.11 Å². The van der Waals surface area contributed by atoms with Gasteiger partial charge in [0, 0.05) is 19.1 Å². The van der Waals surface area contributed by atoms with Crippen LogP contribution in [0.1, 0.15) is 79.4 Å². The number of rotatable bonds is 10. The molecule has 1 aliphatic carbocycles. The van der Waals surface area contributed by atoms with Gasteiger partial charge in [-0.3, -0.25) is 14.4 Å². The van der Waals surface area contributed by atoms with Gasteiger partial charge in [-0.25, -0.2) is 4.79 Å². The zero-order valence-corrected chi connectivity index (χ0v) is 31.0. The van der Waals surface area contributed by atoms with Crippen molar-refractivity contribution in [2.75, 3.05) is 26.8 Å². The average Bonchev–Trinajstić information content (AvgIpc) is 3.09. The van der Waals surface area contributed by atoms with Crippen molar-refractivity contribution in [3.05, 3.63) is 101 Å². The average molecular weight is 724 g/mol. The molecular weight excluding hydrogens is 675 g/mol. The van der Waals surface area contributed by atoms with Gasteiger partial charge in [0.05, 0.1) is 36.2 Å². The standard InChI is InChI=1S/C38H45N3O7.2H2S/c1-37(2,3)48-24-31(35(44)45)40-36(46)38(25-12-6-5-7-13-25)21-18-28(27-14-8-10-16-30(27)38)34(43)41-22-19-26(20-23-41)39-33(42)29-15-9-11-17-32(29)47-4;;/h5-17,26,28,31H,18-24H2,1-4H3,(H,39,42)(H,40,46)(H,44,45);2*1H2/t28-,31-,38+;;/m0../s1. The Bertz CT molecular complexity index is 1640. The Morgan fingerprint density at radius 2 is 1.52 bits per heavy atom. The zero-order valence-electron chi connectivity index (χ0n) is 29.0. The lowest BCUT2D eigenvalue weighted by Gasteiger charge is -2.43. The number of ether oxygens (including phenoxy) is 2. The minimum absolute atomic E-state index is 0. The van der Waals surface area contributed by atoms with Gasteiger partial charge in [0.15, 0.2) is 6.04 Å². The Hall–Kier alpha value is -4.00. The molecule has 5 rings (SSSR count). The van der Waals surface area contributed by atoms with E-state index >= 15 is 0 Å². The maximum atomic E-state index is 14.4. The molecule has 0 unspecified atom stereocenters. The molecule has 3 aromatic carbocycles. The molecule has 3 N–H and O–H groups in total. The molecular formula is C38H49N3O7S2. The summed E-state index contributed by atoms with van der Waals surface area (Å²) in [5.41, 5.74) is 0.860. The van der Waals surface area contributed by atoms with E-state index in [2.05, 4.69) is 10.6 Å². The van der Waals surface area contributed by atoms with Crippen molar-refractivity contribution in [3.8, 4) is 5.75 Å². The normalized spacial score (nSPS) is 19.4. The quantitative estimate of drug-likeness (QED) is 0.271. The summed E-state index contributed by atoms with van der Waals surface area (Å²) < 4.78 is 11.1. The molecule has 1 saturated heterocycles. The summed E-state index contributed by atoms with van der Waals surface area (Å²) in [6, 6.07) is 22.6. The smallest absolute Gasteiger partial charge is 0.328 e. The van der Waals surface area contributed by atoms with Crippen molar-refractivity contribution in [1.29, 1.82) is 0 Å². The first-order valence-corrected chi connectivity index (χ1v) is 16.5. The number of hydrogen-bond donors (Lipinski definition) is 3. The van der Waals surface area contributed by atoms with Gasteiger partial charge in [-0.1, -0.05) is 66.7 Å². The molecule has 0 bridgehead atoms. The topological polar surface area (TPSA) is 134 Å². The van der Waals surface area contributed by atoms with Crippen LogP contribution in [0.2, 0.25) is 0 Å². The fraction of sp³-hybridized carbons (Fsp3) is 0.421. The van der Waals surface area contributed by atoms with Crippen LogP contribution in [0.25, 0.3) is 0 Å². The van der Waals surface area contributed by atoms with Crippen molar-refractivity contribution in [2.45, 2.75) is 75.5 Å². The van der Waals surface area contributed by atoms with Crippen molar-refractivity contribution in [3.63, 3.8) is 0 Å². The number of methoxy groups -OCH3 is 1. The van der Waals surface area contributed by atoms with Crippen LogP contribution in [0.4, 0.5) is 0 Å². The SMILES string of the molecule is COc1ccccc1C(=O)NC1CCN(C(=O)[C@H]2CC[C@@](C(=O)N[C@@H](COC(C)(C)C)C(=O)O)(c3ccccc3)c3ccccc32)CC1.S.S. The van der Waals surface area contributed by atoms with E-state index in [1.807, 2.05) is 86.3 Å². The van der Waals surface area contributed by atoms with Crippen LogP contribution in [0.5, 0.6) is 5.75 Å². The third-order valence-electron chi connectivity index (χ3n) is 9.34. The van der Waals surface area contributed by atoms with E-state index in [-0.39, 0.29) is 51.5 Å². The number of benzene rings is 3. The first-order valence-electron chi connectivity index (χ1n) is 16.5. The lowest BCUT2D eigenvalue weighted by molar-refractivity contribution is -0.146. The monoisotopic (exact) mass is 723 g/mol. The van der Waals surface area contributed by atoms with Crippen LogP contribution >= 0.6 is 27.0 Å². The molecule has 10 nitrogen and oxygen atoms in total. The highest BCUT2D eigenvalue weighted by molar-refractivity contribution is 7.59. The van der Waals surface area contributed by atoms with Crippen LogP contribution < -0.4 is 15.4 Å². The molecule has 270 valence electrons. The predicted molar refractivity (Wildman–Crippen MR) is 202 cm³/mol. The van der Waals surface area contributed by atoms with E-state index in [0.29, 0.717) is 55.6 Å². The zero-order chi connectivity index (χ0) is 34.5. The largest absolute Gasteiger partial charge is 0.496 e. The number of nitrogens with one attached hydrogen (secondary N) is 2. The number of hydrogen-bond acceptors (Lipinski definition) is 6. The van der Waals surface area contributed by atoms with Crippen LogP contribution in [0.15, 0.2) is 78.9 Å². The molecule has 0 radical (unpaired) electrons. The molecule has 3 aromatic rings. The Balaban J connectivity index is 0.00000338. The van der Waals surface area contributed by atoms with Crippen molar-refractivity contribution in [2.24, 2.45) is 0 Å². The third kappa shape index (κ3) is 8.83. The minimum atomic E-state index is -1.26. The number of likely N-dealkylation sites (tertiary alicyclic amines) is 1. The molecule has 1 aliphatic heterocycles. The van der Waals surface area contributed by atoms with E-state index in [4.69, 9.17) is 9.47 Å². The number of aliphatic carboxylic acids is 1. The summed E-state index contributed by atoms with van der Waals surface area (Å²) in [6.45, 7) is 6.28. The summed E-state index contributed by atoms with van der Waals surface area (Å²) in [4.78, 5) is 55.6. The van der Waals surface area contributed by atoms with Crippen LogP contribution in [0, 0.1) is 0 Å². The number of nitrogens with zero attached hydrogens (tertiary/aromatic N) is 1. The van der Waals surface area contributed by atoms with Crippen LogP contribution in [-0.4, -0.2) is 78.2 Å². The number of carboxylic acids is 1. The van der Waals surface area contributed by atoms with Gasteiger partial charge >= 0.3 is 5.97 Å². The summed E-state index contributed by atoms with van der Waals surface area (Å²) in [6.07, 6.45) is 1.95. The van der Waals surface area contributed by atoms with Crippen LogP contribution in [0.3, 0.4) is 0 Å². The molecule has 0 saturated carbocycles. The van der Waals surface area contributed by atoms with Gasteiger partial charge < -0.3 is 30.1 Å². The van der Waals surface area contributed by atoms with Gasteiger partial charge in [0.1, 0.15) is 5.75 Å². The Kier molecular flexibility index (Phi) is 14.0. The number of piperidine rings is 1. The molecule has 50 heavy (non-hydrogen) atoms. The highest BCUT2D eigenvalue weighted by Gasteiger charge is 2.49. The molecule has 0 spiro atoms. The second-order valence-electron chi connectivity index (χ2n) is 13.5. The van der Waals surface area contributed by atoms with Crippen LogP contribution in [-0.2, 0) is 24.5 Å². The Morgan fingerprint density at radius 1 is 0.900 bits per heavy atom. The van der Waals surface area contributed by atoms with Gasteiger partial charge in [0.25, 0.3) is 5.91 Å². The molecule has 3 atom stereocenters. The fourth-order valence-corrected chi connectivity index (χ4v) is 6.84. The summed E-state index contributed by atoms with van der Waals surface area (Å²) >= 11 is 0. The maximum absolute atomic E-state index is 14.4. The molecule has 12 heteroatoms. The Morgan fingerprint density at radius 3 is 2.16 bits per heavy atom. The minimum Gasteiger partial charge on any atom is -0.496 e. The van der Waals surface area contributed by atoms with Gasteiger partial charge in [-0.05, 0) is 75.3 Å². The van der Waals surface area contributed by atoms with E-state index in [0.717, 1.165) is 11.1 Å². The second kappa shape index (κ2) is 17.3.